The molecule has 2 atom stereocenters. The van der Waals surface area contributed by atoms with Crippen LogP contribution in [0.15, 0.2) is 30.3 Å². The second-order valence-corrected chi connectivity index (χ2v) is 9.48. The van der Waals surface area contributed by atoms with Gasteiger partial charge in [-0.25, -0.2) is 0 Å². The van der Waals surface area contributed by atoms with Gasteiger partial charge in [0.25, 0.3) is 0 Å². The normalized spacial score (nSPS) is 31.7. The molecule has 156 valence electrons. The number of benzene rings is 1. The van der Waals surface area contributed by atoms with E-state index in [1.807, 2.05) is 30.3 Å². The summed E-state index contributed by atoms with van der Waals surface area (Å²) in [7, 11) is 0. The number of carbonyl (C=O) groups excluding carboxylic acids is 2. The quantitative estimate of drug-likeness (QED) is 0.658. The standard InChI is InChI=1S/C23H30N2O4/c1-14(21(27)28)24-20(26)19(10-15-5-3-2-4-6-15)25-22(29)23-11-16-7-17(12-23)9-18(8-16)13-23/h2-6,14,16-19H,7-13H2,1H3,(H,24,26)(H,25,29)(H,27,28). The first-order valence-corrected chi connectivity index (χ1v) is 10.7. The fourth-order valence-electron chi connectivity index (χ4n) is 6.13. The Morgan fingerprint density at radius 1 is 1.00 bits per heavy atom. The molecule has 2 unspecified atom stereocenters. The Kier molecular flexibility index (Phi) is 5.36. The molecule has 29 heavy (non-hydrogen) atoms. The molecular weight excluding hydrogens is 368 g/mol. The Bertz CT molecular complexity index is 756. The fourth-order valence-corrected chi connectivity index (χ4v) is 6.13. The lowest BCUT2D eigenvalue weighted by molar-refractivity contribution is -0.148. The summed E-state index contributed by atoms with van der Waals surface area (Å²) in [5.74, 6) is 0.364. The van der Waals surface area contributed by atoms with Crippen molar-refractivity contribution >= 4 is 17.8 Å². The first-order valence-electron chi connectivity index (χ1n) is 10.7. The molecule has 0 aliphatic heterocycles. The maximum atomic E-state index is 13.4. The number of hydrogen-bond acceptors (Lipinski definition) is 3. The maximum absolute atomic E-state index is 13.4. The third kappa shape index (κ3) is 4.16. The summed E-state index contributed by atoms with van der Waals surface area (Å²) in [5.41, 5.74) is 0.587. The second-order valence-electron chi connectivity index (χ2n) is 9.48. The van der Waals surface area contributed by atoms with Gasteiger partial charge in [0.1, 0.15) is 12.1 Å². The minimum absolute atomic E-state index is 0.0179. The number of carbonyl (C=O) groups is 3. The molecule has 2 amide bonds. The Morgan fingerprint density at radius 3 is 2.07 bits per heavy atom. The van der Waals surface area contributed by atoms with Gasteiger partial charge in [0, 0.05) is 11.8 Å². The number of carboxylic acids is 1. The summed E-state index contributed by atoms with van der Waals surface area (Å²) in [6.07, 6.45) is 6.86. The highest BCUT2D eigenvalue weighted by molar-refractivity contribution is 5.92. The van der Waals surface area contributed by atoms with Crippen molar-refractivity contribution in [3.8, 4) is 0 Å². The molecule has 6 nitrogen and oxygen atoms in total. The Morgan fingerprint density at radius 2 is 1.55 bits per heavy atom. The fraction of sp³-hybridized carbons (Fsp3) is 0.609. The maximum Gasteiger partial charge on any atom is 0.325 e. The largest absolute Gasteiger partial charge is 0.480 e. The van der Waals surface area contributed by atoms with E-state index in [-0.39, 0.29) is 11.3 Å². The van der Waals surface area contributed by atoms with Gasteiger partial charge >= 0.3 is 5.97 Å². The monoisotopic (exact) mass is 398 g/mol. The van der Waals surface area contributed by atoms with Gasteiger partial charge < -0.3 is 15.7 Å². The molecule has 0 saturated heterocycles. The van der Waals surface area contributed by atoms with E-state index in [9.17, 15) is 14.4 Å². The zero-order valence-electron chi connectivity index (χ0n) is 16.9. The lowest BCUT2D eigenvalue weighted by Gasteiger charge is -2.55. The van der Waals surface area contributed by atoms with Crippen molar-refractivity contribution in [3.63, 3.8) is 0 Å². The van der Waals surface area contributed by atoms with Crippen LogP contribution in [0.1, 0.15) is 51.0 Å². The molecule has 1 aromatic rings. The van der Waals surface area contributed by atoms with E-state index in [4.69, 9.17) is 5.11 Å². The number of carboxylic acid groups (broad SMARTS) is 1. The summed E-state index contributed by atoms with van der Waals surface area (Å²) in [6, 6.07) is 7.74. The van der Waals surface area contributed by atoms with Crippen LogP contribution in [0.2, 0.25) is 0 Å². The van der Waals surface area contributed by atoms with E-state index in [0.29, 0.717) is 24.2 Å². The van der Waals surface area contributed by atoms with Gasteiger partial charge in [-0.15, -0.1) is 0 Å². The molecule has 0 aromatic heterocycles. The molecule has 5 rings (SSSR count). The molecule has 4 aliphatic carbocycles. The van der Waals surface area contributed by atoms with Gasteiger partial charge in [0.05, 0.1) is 0 Å². The van der Waals surface area contributed by atoms with Crippen LogP contribution in [0.5, 0.6) is 0 Å². The van der Waals surface area contributed by atoms with Crippen molar-refractivity contribution in [3.05, 3.63) is 35.9 Å². The zero-order valence-corrected chi connectivity index (χ0v) is 16.9. The van der Waals surface area contributed by atoms with E-state index in [1.54, 1.807) is 0 Å². The average Bonchev–Trinajstić information content (AvgIpc) is 2.67. The molecule has 4 bridgehead atoms. The summed E-state index contributed by atoms with van der Waals surface area (Å²) in [6.45, 7) is 1.43. The second kappa shape index (κ2) is 7.81. The highest BCUT2D eigenvalue weighted by Gasteiger charge is 2.55. The number of hydrogen-bond donors (Lipinski definition) is 3. The third-order valence-corrected chi connectivity index (χ3v) is 7.15. The molecule has 4 fully saturated rings. The minimum atomic E-state index is -1.09. The number of aliphatic carboxylic acids is 1. The van der Waals surface area contributed by atoms with Gasteiger partial charge in [-0.1, -0.05) is 30.3 Å². The van der Waals surface area contributed by atoms with E-state index in [0.717, 1.165) is 24.8 Å². The summed E-state index contributed by atoms with van der Waals surface area (Å²) in [5, 5.41) is 14.7. The van der Waals surface area contributed by atoms with Crippen LogP contribution < -0.4 is 10.6 Å². The Labute approximate surface area is 171 Å². The summed E-state index contributed by atoms with van der Waals surface area (Å²) >= 11 is 0. The van der Waals surface area contributed by atoms with Crippen LogP contribution in [0.3, 0.4) is 0 Å². The molecule has 6 heteroatoms. The topological polar surface area (TPSA) is 95.5 Å². The number of amides is 2. The lowest BCUT2D eigenvalue weighted by atomic mass is 9.49. The number of rotatable bonds is 7. The predicted molar refractivity (Wildman–Crippen MR) is 108 cm³/mol. The third-order valence-electron chi connectivity index (χ3n) is 7.15. The van der Waals surface area contributed by atoms with Gasteiger partial charge in [0.2, 0.25) is 11.8 Å². The molecule has 4 aliphatic rings. The van der Waals surface area contributed by atoms with Crippen molar-refractivity contribution in [2.75, 3.05) is 0 Å². The highest BCUT2D eigenvalue weighted by Crippen LogP contribution is 2.60. The van der Waals surface area contributed by atoms with Crippen molar-refractivity contribution in [1.82, 2.24) is 10.6 Å². The molecule has 1 aromatic carbocycles. The van der Waals surface area contributed by atoms with Gasteiger partial charge in [0.15, 0.2) is 0 Å². The smallest absolute Gasteiger partial charge is 0.325 e. The highest BCUT2D eigenvalue weighted by atomic mass is 16.4. The minimum Gasteiger partial charge on any atom is -0.480 e. The SMILES string of the molecule is CC(NC(=O)C(Cc1ccccc1)NC(=O)C12CC3CC(CC(C3)C1)C2)C(=O)O. The van der Waals surface area contributed by atoms with Crippen LogP contribution in [0, 0.1) is 23.2 Å². The van der Waals surface area contributed by atoms with Gasteiger partial charge in [-0.3, -0.25) is 14.4 Å². The van der Waals surface area contributed by atoms with Crippen LogP contribution >= 0.6 is 0 Å². The summed E-state index contributed by atoms with van der Waals surface area (Å²) in [4.78, 5) is 37.4. The first kappa shape index (κ1) is 19.9. The summed E-state index contributed by atoms with van der Waals surface area (Å²) < 4.78 is 0. The average molecular weight is 399 g/mol. The van der Waals surface area contributed by atoms with Crippen LogP contribution in [-0.4, -0.2) is 35.0 Å². The van der Waals surface area contributed by atoms with Crippen LogP contribution in [0.4, 0.5) is 0 Å². The van der Waals surface area contributed by atoms with Crippen LogP contribution in [0.25, 0.3) is 0 Å². The zero-order chi connectivity index (χ0) is 20.6. The van der Waals surface area contributed by atoms with Crippen molar-refractivity contribution in [2.24, 2.45) is 23.2 Å². The molecular formula is C23H30N2O4. The van der Waals surface area contributed by atoms with Gasteiger partial charge in [-0.05, 0) is 68.8 Å². The van der Waals surface area contributed by atoms with E-state index in [1.165, 1.54) is 26.2 Å². The molecule has 3 N–H and O–H groups in total. The van der Waals surface area contributed by atoms with Crippen molar-refractivity contribution < 1.29 is 19.5 Å². The van der Waals surface area contributed by atoms with E-state index in [2.05, 4.69) is 10.6 Å². The predicted octanol–water partition coefficient (Wildman–Crippen LogP) is 2.52. The molecule has 0 radical (unpaired) electrons. The van der Waals surface area contributed by atoms with Crippen molar-refractivity contribution in [2.45, 2.75) is 64.0 Å². The Hall–Kier alpha value is -2.37. The molecule has 0 heterocycles. The van der Waals surface area contributed by atoms with Crippen molar-refractivity contribution in [1.29, 1.82) is 0 Å². The number of nitrogens with one attached hydrogen (secondary N) is 2. The lowest BCUT2D eigenvalue weighted by Crippen LogP contribution is -2.58. The first-order chi connectivity index (χ1) is 13.8. The van der Waals surface area contributed by atoms with E-state index >= 15 is 0 Å². The van der Waals surface area contributed by atoms with Crippen LogP contribution in [-0.2, 0) is 20.8 Å². The van der Waals surface area contributed by atoms with E-state index < -0.39 is 24.0 Å². The molecule has 4 saturated carbocycles. The molecule has 0 spiro atoms. The van der Waals surface area contributed by atoms with Gasteiger partial charge in [-0.2, -0.15) is 0 Å². The Balaban J connectivity index is 1.50.